The van der Waals surface area contributed by atoms with Crippen molar-refractivity contribution in [3.63, 3.8) is 0 Å². The van der Waals surface area contributed by atoms with Crippen LogP contribution in [-0.4, -0.2) is 58.4 Å². The molecule has 2 amide bonds. The number of hydrogen-bond donors (Lipinski definition) is 2. The van der Waals surface area contributed by atoms with Crippen LogP contribution in [0.2, 0.25) is 0 Å². The van der Waals surface area contributed by atoms with Gasteiger partial charge in [-0.25, -0.2) is 0 Å². The monoisotopic (exact) mass is 274 g/mol. The van der Waals surface area contributed by atoms with Gasteiger partial charge in [-0.2, -0.15) is 0 Å². The van der Waals surface area contributed by atoms with Gasteiger partial charge in [0, 0.05) is 13.1 Å². The SMILES string of the molecule is CC(NC(=O)CSCC(=O)O)C(=O)N1CCCC1. The Balaban J connectivity index is 2.25. The van der Waals surface area contributed by atoms with E-state index in [-0.39, 0.29) is 23.3 Å². The maximum absolute atomic E-state index is 11.9. The summed E-state index contributed by atoms with van der Waals surface area (Å²) in [5, 5.41) is 11.0. The number of nitrogens with one attached hydrogen (secondary N) is 1. The van der Waals surface area contributed by atoms with E-state index in [1.807, 2.05) is 0 Å². The Kier molecular flexibility index (Phi) is 5.97. The van der Waals surface area contributed by atoms with Gasteiger partial charge in [0.2, 0.25) is 11.8 Å². The molecule has 1 atom stereocenters. The Morgan fingerprint density at radius 1 is 1.28 bits per heavy atom. The third-order valence-electron chi connectivity index (χ3n) is 2.62. The molecule has 0 aromatic carbocycles. The van der Waals surface area contributed by atoms with Crippen LogP contribution in [0.4, 0.5) is 0 Å². The lowest BCUT2D eigenvalue weighted by molar-refractivity contribution is -0.134. The summed E-state index contributed by atoms with van der Waals surface area (Å²) in [6.45, 7) is 3.17. The highest BCUT2D eigenvalue weighted by molar-refractivity contribution is 8.00. The fourth-order valence-electron chi connectivity index (χ4n) is 1.79. The van der Waals surface area contributed by atoms with Crippen LogP contribution in [0.3, 0.4) is 0 Å². The molecule has 1 rings (SSSR count). The highest BCUT2D eigenvalue weighted by Gasteiger charge is 2.24. The molecular formula is C11H18N2O4S. The molecule has 102 valence electrons. The number of aliphatic carboxylic acids is 1. The number of carbonyl (C=O) groups is 3. The molecule has 0 spiro atoms. The lowest BCUT2D eigenvalue weighted by atomic mass is 10.3. The number of nitrogens with zero attached hydrogens (tertiary/aromatic N) is 1. The molecule has 0 saturated carbocycles. The average Bonchev–Trinajstić information content (AvgIpc) is 2.80. The topological polar surface area (TPSA) is 86.7 Å². The van der Waals surface area contributed by atoms with Crippen molar-refractivity contribution in [2.45, 2.75) is 25.8 Å². The Morgan fingerprint density at radius 3 is 2.44 bits per heavy atom. The molecule has 1 saturated heterocycles. The van der Waals surface area contributed by atoms with Gasteiger partial charge in [-0.15, -0.1) is 11.8 Å². The van der Waals surface area contributed by atoms with Gasteiger partial charge in [-0.05, 0) is 19.8 Å². The van der Waals surface area contributed by atoms with Gasteiger partial charge in [-0.1, -0.05) is 0 Å². The standard InChI is InChI=1S/C11H18N2O4S/c1-8(11(17)13-4-2-3-5-13)12-9(14)6-18-7-10(15)16/h8H,2-7H2,1H3,(H,12,14)(H,15,16). The van der Waals surface area contributed by atoms with Crippen LogP contribution in [0, 0.1) is 0 Å². The number of rotatable bonds is 6. The molecule has 0 radical (unpaired) electrons. The van der Waals surface area contributed by atoms with Crippen LogP contribution >= 0.6 is 11.8 Å². The van der Waals surface area contributed by atoms with Crippen molar-refractivity contribution in [1.82, 2.24) is 10.2 Å². The Morgan fingerprint density at radius 2 is 1.89 bits per heavy atom. The lowest BCUT2D eigenvalue weighted by Gasteiger charge is -2.20. The highest BCUT2D eigenvalue weighted by atomic mass is 32.2. The number of thioether (sulfide) groups is 1. The summed E-state index contributed by atoms with van der Waals surface area (Å²) in [6, 6.07) is -0.541. The first-order valence-corrected chi connectivity index (χ1v) is 7.04. The first-order valence-electron chi connectivity index (χ1n) is 5.88. The van der Waals surface area contributed by atoms with E-state index in [4.69, 9.17) is 5.11 Å². The number of carbonyl (C=O) groups excluding carboxylic acids is 2. The zero-order valence-corrected chi connectivity index (χ0v) is 11.2. The van der Waals surface area contributed by atoms with E-state index in [1.165, 1.54) is 0 Å². The minimum atomic E-state index is -0.950. The van der Waals surface area contributed by atoms with Crippen LogP contribution in [0.5, 0.6) is 0 Å². The lowest BCUT2D eigenvalue weighted by Crippen LogP contribution is -2.46. The summed E-state index contributed by atoms with van der Waals surface area (Å²) in [5.74, 6) is -1.37. The molecule has 6 nitrogen and oxygen atoms in total. The summed E-state index contributed by atoms with van der Waals surface area (Å²) in [6.07, 6.45) is 2.03. The van der Waals surface area contributed by atoms with Gasteiger partial charge in [-0.3, -0.25) is 14.4 Å². The van der Waals surface area contributed by atoms with Gasteiger partial charge in [0.1, 0.15) is 6.04 Å². The number of carboxylic acid groups (broad SMARTS) is 1. The van der Waals surface area contributed by atoms with E-state index in [0.29, 0.717) is 0 Å². The average molecular weight is 274 g/mol. The van der Waals surface area contributed by atoms with Gasteiger partial charge < -0.3 is 15.3 Å². The molecule has 18 heavy (non-hydrogen) atoms. The fourth-order valence-corrected chi connectivity index (χ4v) is 2.33. The van der Waals surface area contributed by atoms with Crippen molar-refractivity contribution < 1.29 is 19.5 Å². The van der Waals surface area contributed by atoms with Crippen LogP contribution in [0.1, 0.15) is 19.8 Å². The van der Waals surface area contributed by atoms with Crippen molar-refractivity contribution in [2.75, 3.05) is 24.6 Å². The summed E-state index contributed by atoms with van der Waals surface area (Å²) in [4.78, 5) is 35.3. The maximum atomic E-state index is 11.9. The van der Waals surface area contributed by atoms with Gasteiger partial charge in [0.25, 0.3) is 0 Å². The largest absolute Gasteiger partial charge is 0.481 e. The third-order valence-corrected chi connectivity index (χ3v) is 3.54. The van der Waals surface area contributed by atoms with E-state index in [2.05, 4.69) is 5.32 Å². The van der Waals surface area contributed by atoms with Gasteiger partial charge in [0.05, 0.1) is 11.5 Å². The van der Waals surface area contributed by atoms with Crippen molar-refractivity contribution >= 4 is 29.5 Å². The van der Waals surface area contributed by atoms with E-state index >= 15 is 0 Å². The summed E-state index contributed by atoms with van der Waals surface area (Å²) in [7, 11) is 0. The van der Waals surface area contributed by atoms with E-state index in [1.54, 1.807) is 11.8 Å². The molecule has 1 aliphatic heterocycles. The Hall–Kier alpha value is -1.24. The molecular weight excluding hydrogens is 256 g/mol. The van der Waals surface area contributed by atoms with Crippen LogP contribution in [0.15, 0.2) is 0 Å². The van der Waals surface area contributed by atoms with E-state index in [0.717, 1.165) is 37.7 Å². The molecule has 7 heteroatoms. The molecule has 1 aliphatic rings. The predicted octanol–water partition coefficient (Wildman–Crippen LogP) is -0.0687. The minimum absolute atomic E-state index is 0.0594. The number of carboxylic acids is 1. The second-order valence-electron chi connectivity index (χ2n) is 4.21. The van der Waals surface area contributed by atoms with E-state index in [9.17, 15) is 14.4 Å². The van der Waals surface area contributed by atoms with Crippen LogP contribution in [-0.2, 0) is 14.4 Å². The molecule has 1 heterocycles. The van der Waals surface area contributed by atoms with Crippen molar-refractivity contribution in [3.05, 3.63) is 0 Å². The summed E-state index contributed by atoms with van der Waals surface area (Å²) in [5.41, 5.74) is 0. The second kappa shape index (κ2) is 7.25. The van der Waals surface area contributed by atoms with Crippen LogP contribution < -0.4 is 5.32 Å². The highest BCUT2D eigenvalue weighted by Crippen LogP contribution is 2.09. The first kappa shape index (κ1) is 14.8. The van der Waals surface area contributed by atoms with Gasteiger partial charge in [0.15, 0.2) is 0 Å². The smallest absolute Gasteiger partial charge is 0.313 e. The maximum Gasteiger partial charge on any atom is 0.313 e. The predicted molar refractivity (Wildman–Crippen MR) is 68.4 cm³/mol. The minimum Gasteiger partial charge on any atom is -0.481 e. The molecule has 2 N–H and O–H groups in total. The molecule has 0 aromatic heterocycles. The van der Waals surface area contributed by atoms with Crippen LogP contribution in [0.25, 0.3) is 0 Å². The quantitative estimate of drug-likeness (QED) is 0.708. The Labute approximate surface area is 110 Å². The van der Waals surface area contributed by atoms with E-state index < -0.39 is 12.0 Å². The second-order valence-corrected chi connectivity index (χ2v) is 5.19. The number of amides is 2. The third kappa shape index (κ3) is 4.95. The van der Waals surface area contributed by atoms with Crippen molar-refractivity contribution in [2.24, 2.45) is 0 Å². The molecule has 0 bridgehead atoms. The normalized spacial score (nSPS) is 16.4. The zero-order valence-electron chi connectivity index (χ0n) is 10.3. The molecule has 0 aliphatic carbocycles. The molecule has 1 unspecified atom stereocenters. The zero-order chi connectivity index (χ0) is 13.5. The van der Waals surface area contributed by atoms with Crippen molar-refractivity contribution in [3.8, 4) is 0 Å². The molecule has 0 aromatic rings. The number of likely N-dealkylation sites (tertiary alicyclic amines) is 1. The van der Waals surface area contributed by atoms with Crippen molar-refractivity contribution in [1.29, 1.82) is 0 Å². The first-order chi connectivity index (χ1) is 8.50. The summed E-state index contributed by atoms with van der Waals surface area (Å²) >= 11 is 1.02. The Bertz CT molecular complexity index is 329. The summed E-state index contributed by atoms with van der Waals surface area (Å²) < 4.78 is 0. The molecule has 1 fully saturated rings. The number of hydrogen-bond acceptors (Lipinski definition) is 4. The fraction of sp³-hybridized carbons (Fsp3) is 0.727. The van der Waals surface area contributed by atoms with Gasteiger partial charge >= 0.3 is 5.97 Å².